The third-order valence-electron chi connectivity index (χ3n) is 2.58. The molecular weight excluding hydrogens is 303 g/mol. The maximum atomic E-state index is 13.4. The largest absolute Gasteiger partial charge is 0.352 e. The van der Waals surface area contributed by atoms with Crippen molar-refractivity contribution in [3.8, 4) is 0 Å². The number of rotatable bonds is 7. The minimum absolute atomic E-state index is 0.207. The van der Waals surface area contributed by atoms with Crippen LogP contribution in [0.2, 0.25) is 0 Å². The maximum Gasteiger partial charge on any atom is 0.285 e. The topological polar surface area (TPSA) is 127 Å². The number of hydrogen-bond donors (Lipinski definition) is 3. The number of anilines is 1. The minimum Gasteiger partial charge on any atom is -0.352 e. The molecule has 0 aliphatic carbocycles. The SMILES string of the molecule is CS(=O)CCCNC(=O)c1cc(NN)c(F)cc1[N+](=O)[O-]. The van der Waals surface area contributed by atoms with Gasteiger partial charge in [-0.1, -0.05) is 0 Å². The molecular formula is C11H15FN4O4S. The highest BCUT2D eigenvalue weighted by Crippen LogP contribution is 2.25. The van der Waals surface area contributed by atoms with Crippen LogP contribution in [0.4, 0.5) is 15.8 Å². The van der Waals surface area contributed by atoms with Crippen molar-refractivity contribution in [3.05, 3.63) is 33.6 Å². The zero-order valence-electron chi connectivity index (χ0n) is 11.2. The molecule has 1 unspecified atom stereocenters. The number of carbonyl (C=O) groups is 1. The van der Waals surface area contributed by atoms with Crippen molar-refractivity contribution < 1.29 is 18.3 Å². The van der Waals surface area contributed by atoms with Gasteiger partial charge >= 0.3 is 0 Å². The van der Waals surface area contributed by atoms with E-state index >= 15 is 0 Å². The standard InChI is InChI=1S/C11H15FN4O4S/c1-21(20)4-2-3-14-11(17)7-5-9(15-13)8(12)6-10(7)16(18)19/h5-6,15H,2-4,13H2,1H3,(H,14,17). The highest BCUT2D eigenvalue weighted by atomic mass is 32.2. The monoisotopic (exact) mass is 318 g/mol. The number of nitro groups is 1. The number of nitrogens with zero attached hydrogens (tertiary/aromatic N) is 1. The summed E-state index contributed by atoms with van der Waals surface area (Å²) in [5.41, 5.74) is 0.850. The minimum atomic E-state index is -0.980. The Hall–Kier alpha value is -2.07. The fraction of sp³-hybridized carbons (Fsp3) is 0.364. The van der Waals surface area contributed by atoms with E-state index in [-0.39, 0.29) is 17.8 Å². The number of halogens is 1. The van der Waals surface area contributed by atoms with E-state index in [2.05, 4.69) is 5.32 Å². The van der Waals surface area contributed by atoms with Gasteiger partial charge in [0.05, 0.1) is 16.7 Å². The van der Waals surface area contributed by atoms with Crippen LogP contribution in [0.3, 0.4) is 0 Å². The molecule has 0 fully saturated rings. The number of nitrogens with one attached hydrogen (secondary N) is 2. The lowest BCUT2D eigenvalue weighted by Crippen LogP contribution is -2.26. The molecule has 116 valence electrons. The van der Waals surface area contributed by atoms with Gasteiger partial charge in [-0.05, 0) is 12.5 Å². The van der Waals surface area contributed by atoms with E-state index in [1.807, 2.05) is 5.43 Å². The van der Waals surface area contributed by atoms with E-state index in [0.29, 0.717) is 18.2 Å². The second-order valence-electron chi connectivity index (χ2n) is 4.14. The second kappa shape index (κ2) is 7.64. The summed E-state index contributed by atoms with van der Waals surface area (Å²) < 4.78 is 24.3. The molecule has 8 nitrogen and oxygen atoms in total. The van der Waals surface area contributed by atoms with Crippen molar-refractivity contribution in [2.45, 2.75) is 6.42 Å². The van der Waals surface area contributed by atoms with Gasteiger partial charge in [-0.3, -0.25) is 25.0 Å². The van der Waals surface area contributed by atoms with Gasteiger partial charge in [0.2, 0.25) is 0 Å². The molecule has 4 N–H and O–H groups in total. The third kappa shape index (κ3) is 4.76. The fourth-order valence-electron chi connectivity index (χ4n) is 1.58. The first kappa shape index (κ1) is 17.0. The van der Waals surface area contributed by atoms with Crippen LogP contribution in [0.1, 0.15) is 16.8 Å². The molecule has 0 saturated carbocycles. The molecule has 0 spiro atoms. The lowest BCUT2D eigenvalue weighted by Gasteiger charge is -2.08. The molecule has 0 radical (unpaired) electrons. The Morgan fingerprint density at radius 2 is 2.19 bits per heavy atom. The van der Waals surface area contributed by atoms with Crippen molar-refractivity contribution >= 4 is 28.1 Å². The van der Waals surface area contributed by atoms with Crippen LogP contribution < -0.4 is 16.6 Å². The van der Waals surface area contributed by atoms with Gasteiger partial charge in [0.25, 0.3) is 11.6 Å². The number of nitro benzene ring substituents is 1. The van der Waals surface area contributed by atoms with Crippen LogP contribution in [0.5, 0.6) is 0 Å². The van der Waals surface area contributed by atoms with Crippen LogP contribution in [0, 0.1) is 15.9 Å². The predicted molar refractivity (Wildman–Crippen MR) is 76.7 cm³/mol. The zero-order chi connectivity index (χ0) is 16.0. The van der Waals surface area contributed by atoms with Crippen molar-refractivity contribution in [3.63, 3.8) is 0 Å². The summed E-state index contributed by atoms with van der Waals surface area (Å²) in [5.74, 6) is 3.83. The van der Waals surface area contributed by atoms with Crippen molar-refractivity contribution in [1.29, 1.82) is 0 Å². The van der Waals surface area contributed by atoms with E-state index in [0.717, 1.165) is 6.07 Å². The van der Waals surface area contributed by atoms with Gasteiger partial charge in [0.1, 0.15) is 5.56 Å². The third-order valence-corrected chi connectivity index (χ3v) is 3.44. The zero-order valence-corrected chi connectivity index (χ0v) is 12.0. The number of nitrogens with two attached hydrogens (primary N) is 1. The van der Waals surface area contributed by atoms with E-state index < -0.39 is 33.1 Å². The molecule has 0 aromatic heterocycles. The van der Waals surface area contributed by atoms with Crippen LogP contribution in [0.25, 0.3) is 0 Å². The molecule has 1 atom stereocenters. The number of carbonyl (C=O) groups excluding carboxylic acids is 1. The maximum absolute atomic E-state index is 13.4. The molecule has 0 bridgehead atoms. The quantitative estimate of drug-likeness (QED) is 0.291. The first-order valence-corrected chi connectivity index (χ1v) is 7.62. The molecule has 0 heterocycles. The van der Waals surface area contributed by atoms with E-state index in [9.17, 15) is 23.5 Å². The van der Waals surface area contributed by atoms with Gasteiger partial charge < -0.3 is 10.7 Å². The number of hydrazine groups is 1. The molecule has 1 aromatic rings. The summed E-state index contributed by atoms with van der Waals surface area (Å²) in [4.78, 5) is 21.9. The average Bonchev–Trinajstić information content (AvgIpc) is 2.42. The summed E-state index contributed by atoms with van der Waals surface area (Å²) in [5, 5.41) is 13.3. The second-order valence-corrected chi connectivity index (χ2v) is 5.69. The Morgan fingerprint density at radius 3 is 2.71 bits per heavy atom. The number of nitrogen functional groups attached to an aromatic ring is 1. The van der Waals surface area contributed by atoms with Crippen molar-refractivity contribution in [2.75, 3.05) is 24.0 Å². The summed E-state index contributed by atoms with van der Waals surface area (Å²) in [7, 11) is -0.980. The Morgan fingerprint density at radius 1 is 1.52 bits per heavy atom. The Labute approximate surface area is 122 Å². The normalized spacial score (nSPS) is 11.8. The summed E-state index contributed by atoms with van der Waals surface area (Å²) >= 11 is 0. The molecule has 0 aliphatic heterocycles. The highest BCUT2D eigenvalue weighted by Gasteiger charge is 2.23. The molecule has 1 aromatic carbocycles. The van der Waals surface area contributed by atoms with Gasteiger partial charge in [-0.15, -0.1) is 0 Å². The summed E-state index contributed by atoms with van der Waals surface area (Å²) in [6.45, 7) is 0.207. The van der Waals surface area contributed by atoms with Crippen molar-refractivity contribution in [2.24, 2.45) is 5.84 Å². The van der Waals surface area contributed by atoms with Gasteiger partial charge in [-0.2, -0.15) is 0 Å². The highest BCUT2D eigenvalue weighted by molar-refractivity contribution is 7.84. The van der Waals surface area contributed by atoms with Crippen molar-refractivity contribution in [1.82, 2.24) is 5.32 Å². The molecule has 0 aliphatic rings. The average molecular weight is 318 g/mol. The van der Waals surface area contributed by atoms with Crippen LogP contribution in [-0.4, -0.2) is 33.6 Å². The smallest absolute Gasteiger partial charge is 0.285 e. The first-order chi connectivity index (χ1) is 9.86. The number of hydrogen-bond acceptors (Lipinski definition) is 6. The molecule has 21 heavy (non-hydrogen) atoms. The lowest BCUT2D eigenvalue weighted by molar-refractivity contribution is -0.385. The summed E-state index contributed by atoms with van der Waals surface area (Å²) in [6.07, 6.45) is 2.00. The van der Waals surface area contributed by atoms with E-state index in [4.69, 9.17) is 5.84 Å². The van der Waals surface area contributed by atoms with Gasteiger partial charge in [0.15, 0.2) is 5.82 Å². The first-order valence-electron chi connectivity index (χ1n) is 5.89. The number of benzene rings is 1. The molecule has 1 rings (SSSR count). The summed E-state index contributed by atoms with van der Waals surface area (Å²) in [6, 6.07) is 1.60. The van der Waals surface area contributed by atoms with Gasteiger partial charge in [0, 0.05) is 29.4 Å². The number of amides is 1. The Balaban J connectivity index is 2.91. The van der Waals surface area contributed by atoms with E-state index in [1.54, 1.807) is 0 Å². The predicted octanol–water partition coefficient (Wildman–Crippen LogP) is 0.518. The molecule has 1 amide bonds. The fourth-order valence-corrected chi connectivity index (χ4v) is 2.13. The molecule has 0 saturated heterocycles. The van der Waals surface area contributed by atoms with Crippen LogP contribution in [0.15, 0.2) is 12.1 Å². The van der Waals surface area contributed by atoms with E-state index in [1.165, 1.54) is 6.26 Å². The lowest BCUT2D eigenvalue weighted by atomic mass is 10.1. The molecule has 10 heteroatoms. The Bertz CT molecular complexity index is 582. The van der Waals surface area contributed by atoms with Crippen LogP contribution >= 0.6 is 0 Å². The Kier molecular flexibility index (Phi) is 6.18. The van der Waals surface area contributed by atoms with Gasteiger partial charge in [-0.25, -0.2) is 4.39 Å². The van der Waals surface area contributed by atoms with Crippen LogP contribution in [-0.2, 0) is 10.8 Å².